The molecule has 0 atom stereocenters. The zero-order valence-electron chi connectivity index (χ0n) is 10.1. The van der Waals surface area contributed by atoms with Crippen LogP contribution in [0.4, 0.5) is 0 Å². The molecule has 0 amide bonds. The first-order valence-corrected chi connectivity index (χ1v) is 7.41. The molecule has 1 aliphatic carbocycles. The minimum atomic E-state index is 0.340. The highest BCUT2D eigenvalue weighted by molar-refractivity contribution is 8.00. The highest BCUT2D eigenvalue weighted by atomic mass is 32.2. The molecule has 1 aliphatic rings. The van der Waals surface area contributed by atoms with Crippen LogP contribution in [-0.4, -0.2) is 21.8 Å². The molecule has 0 N–H and O–H groups in total. The lowest BCUT2D eigenvalue weighted by molar-refractivity contribution is -0.116. The number of nitrogens with zero attached hydrogens (tertiary/aromatic N) is 1. The van der Waals surface area contributed by atoms with Crippen LogP contribution < -0.4 is 0 Å². The lowest BCUT2D eigenvalue weighted by Crippen LogP contribution is -2.13. The molecular weight excluding hydrogens is 230 g/mol. The number of pyridine rings is 1. The molecule has 0 saturated heterocycles. The first kappa shape index (κ1) is 12.6. The zero-order chi connectivity index (χ0) is 11.9. The summed E-state index contributed by atoms with van der Waals surface area (Å²) in [5, 5.41) is 0.727. The molecule has 1 fully saturated rings. The van der Waals surface area contributed by atoms with E-state index in [1.807, 2.05) is 23.9 Å². The van der Waals surface area contributed by atoms with Crippen molar-refractivity contribution in [3.8, 4) is 0 Å². The summed E-state index contributed by atoms with van der Waals surface area (Å²) in [4.78, 5) is 15.8. The van der Waals surface area contributed by atoms with Gasteiger partial charge in [0, 0.05) is 24.1 Å². The number of thioether (sulfide) groups is 1. The number of hydrogen-bond acceptors (Lipinski definition) is 3. The van der Waals surface area contributed by atoms with Gasteiger partial charge in [0.1, 0.15) is 5.78 Å². The van der Waals surface area contributed by atoms with Crippen molar-refractivity contribution in [1.82, 2.24) is 4.98 Å². The van der Waals surface area contributed by atoms with E-state index in [9.17, 15) is 4.79 Å². The van der Waals surface area contributed by atoms with Gasteiger partial charge < -0.3 is 0 Å². The maximum absolute atomic E-state index is 11.8. The molecule has 0 unspecified atom stereocenters. The molecule has 0 bridgehead atoms. The van der Waals surface area contributed by atoms with Gasteiger partial charge in [-0.25, -0.2) is 0 Å². The van der Waals surface area contributed by atoms with Crippen LogP contribution in [0.15, 0.2) is 24.5 Å². The molecule has 3 heteroatoms. The van der Waals surface area contributed by atoms with Crippen molar-refractivity contribution in [3.63, 3.8) is 0 Å². The second-order valence-corrected chi connectivity index (χ2v) is 5.93. The number of rotatable bonds is 5. The number of carbonyl (C=O) groups is 1. The molecule has 2 nitrogen and oxygen atoms in total. The lowest BCUT2D eigenvalue weighted by Gasteiger charge is -2.20. The van der Waals surface area contributed by atoms with Crippen LogP contribution in [0, 0.1) is 0 Å². The quantitative estimate of drug-likeness (QED) is 0.802. The van der Waals surface area contributed by atoms with Gasteiger partial charge in [-0.15, -0.1) is 0 Å². The molecule has 0 spiro atoms. The Morgan fingerprint density at radius 3 is 2.65 bits per heavy atom. The number of carbonyl (C=O) groups excluding carboxylic acids is 1. The molecule has 1 heterocycles. The Kier molecular flexibility index (Phi) is 5.05. The lowest BCUT2D eigenvalue weighted by atomic mass is 10.0. The van der Waals surface area contributed by atoms with Crippen molar-refractivity contribution in [2.24, 2.45) is 0 Å². The van der Waals surface area contributed by atoms with Crippen LogP contribution in [0.5, 0.6) is 0 Å². The van der Waals surface area contributed by atoms with E-state index in [2.05, 4.69) is 4.98 Å². The fraction of sp³-hybridized carbons (Fsp3) is 0.571. The molecule has 1 aromatic rings. The van der Waals surface area contributed by atoms with Crippen molar-refractivity contribution in [2.75, 3.05) is 5.75 Å². The van der Waals surface area contributed by atoms with Gasteiger partial charge in [0.15, 0.2) is 0 Å². The first-order chi connectivity index (χ1) is 8.34. The van der Waals surface area contributed by atoms with Crippen molar-refractivity contribution < 1.29 is 4.79 Å². The molecule has 92 valence electrons. The Balaban J connectivity index is 1.70. The predicted octanol–water partition coefficient (Wildman–Crippen LogP) is 3.26. The van der Waals surface area contributed by atoms with E-state index in [1.54, 1.807) is 12.4 Å². The van der Waals surface area contributed by atoms with E-state index in [1.165, 1.54) is 32.1 Å². The fourth-order valence-corrected chi connectivity index (χ4v) is 3.41. The van der Waals surface area contributed by atoms with E-state index in [-0.39, 0.29) is 0 Å². The molecule has 1 aromatic heterocycles. The van der Waals surface area contributed by atoms with Crippen molar-refractivity contribution >= 4 is 17.5 Å². The Morgan fingerprint density at radius 2 is 1.94 bits per heavy atom. The maximum Gasteiger partial charge on any atom is 0.147 e. The Labute approximate surface area is 107 Å². The smallest absolute Gasteiger partial charge is 0.147 e. The Bertz CT molecular complexity index is 346. The molecule has 0 aromatic carbocycles. The third-order valence-electron chi connectivity index (χ3n) is 3.18. The van der Waals surface area contributed by atoms with Gasteiger partial charge in [-0.2, -0.15) is 11.8 Å². The topological polar surface area (TPSA) is 30.0 Å². The van der Waals surface area contributed by atoms with Gasteiger partial charge >= 0.3 is 0 Å². The third kappa shape index (κ3) is 4.50. The van der Waals surface area contributed by atoms with Crippen LogP contribution in [-0.2, 0) is 11.2 Å². The highest BCUT2D eigenvalue weighted by Crippen LogP contribution is 2.28. The van der Waals surface area contributed by atoms with Gasteiger partial charge in [0.2, 0.25) is 0 Å². The minimum absolute atomic E-state index is 0.340. The van der Waals surface area contributed by atoms with Crippen LogP contribution in [0.25, 0.3) is 0 Å². The van der Waals surface area contributed by atoms with Gasteiger partial charge in [-0.05, 0) is 30.5 Å². The average molecular weight is 249 g/mol. The number of hydrogen-bond donors (Lipinski definition) is 0. The fourth-order valence-electron chi connectivity index (χ4n) is 2.22. The van der Waals surface area contributed by atoms with E-state index >= 15 is 0 Å². The van der Waals surface area contributed by atoms with E-state index in [4.69, 9.17) is 0 Å². The molecule has 2 rings (SSSR count). The summed E-state index contributed by atoms with van der Waals surface area (Å²) >= 11 is 1.86. The first-order valence-electron chi connectivity index (χ1n) is 6.37. The maximum atomic E-state index is 11.8. The second kappa shape index (κ2) is 6.80. The van der Waals surface area contributed by atoms with Gasteiger partial charge in [-0.3, -0.25) is 9.78 Å². The molecule has 17 heavy (non-hydrogen) atoms. The highest BCUT2D eigenvalue weighted by Gasteiger charge is 2.15. The van der Waals surface area contributed by atoms with E-state index in [0.717, 1.165) is 10.8 Å². The average Bonchev–Trinajstić information content (AvgIpc) is 2.39. The molecule has 1 saturated carbocycles. The largest absolute Gasteiger partial charge is 0.298 e. The summed E-state index contributed by atoms with van der Waals surface area (Å²) in [6, 6.07) is 3.84. The van der Waals surface area contributed by atoms with Crippen LogP contribution in [0.3, 0.4) is 0 Å². The summed E-state index contributed by atoms with van der Waals surface area (Å²) in [7, 11) is 0. The normalized spacial score (nSPS) is 16.9. The van der Waals surface area contributed by atoms with Crippen LogP contribution >= 0.6 is 11.8 Å². The Hall–Kier alpha value is -0.830. The second-order valence-electron chi connectivity index (χ2n) is 4.64. The van der Waals surface area contributed by atoms with Crippen molar-refractivity contribution in [2.45, 2.75) is 43.8 Å². The van der Waals surface area contributed by atoms with Crippen molar-refractivity contribution in [1.29, 1.82) is 0 Å². The molecule has 0 aliphatic heterocycles. The van der Waals surface area contributed by atoms with E-state index < -0.39 is 0 Å². The summed E-state index contributed by atoms with van der Waals surface area (Å²) < 4.78 is 0. The van der Waals surface area contributed by atoms with Gasteiger partial charge in [-0.1, -0.05) is 19.3 Å². The SMILES string of the molecule is O=C(CSC1CCCCC1)Cc1ccncc1. The number of ketones is 1. The third-order valence-corrected chi connectivity index (χ3v) is 4.61. The summed E-state index contributed by atoms with van der Waals surface area (Å²) in [5.41, 5.74) is 1.08. The van der Waals surface area contributed by atoms with Crippen LogP contribution in [0.2, 0.25) is 0 Å². The van der Waals surface area contributed by atoms with E-state index in [0.29, 0.717) is 18.0 Å². The Morgan fingerprint density at radius 1 is 1.24 bits per heavy atom. The zero-order valence-corrected chi connectivity index (χ0v) is 10.9. The minimum Gasteiger partial charge on any atom is -0.298 e. The van der Waals surface area contributed by atoms with Gasteiger partial charge in [0.05, 0.1) is 5.75 Å². The number of Topliss-reactive ketones (excluding diaryl/α,β-unsaturated/α-hetero) is 1. The standard InChI is InChI=1S/C14H19NOS/c16-13(10-12-6-8-15-9-7-12)11-17-14-4-2-1-3-5-14/h6-9,14H,1-5,10-11H2. The monoisotopic (exact) mass is 249 g/mol. The summed E-state index contributed by atoms with van der Waals surface area (Å²) in [6.07, 6.45) is 10.7. The molecule has 0 radical (unpaired) electrons. The predicted molar refractivity (Wildman–Crippen MR) is 72.3 cm³/mol. The molecular formula is C14H19NOS. The number of aromatic nitrogens is 1. The summed E-state index contributed by atoms with van der Waals surface area (Å²) in [5.74, 6) is 1.01. The summed E-state index contributed by atoms with van der Waals surface area (Å²) in [6.45, 7) is 0. The van der Waals surface area contributed by atoms with Crippen LogP contribution in [0.1, 0.15) is 37.7 Å². The van der Waals surface area contributed by atoms with Crippen molar-refractivity contribution in [3.05, 3.63) is 30.1 Å². The van der Waals surface area contributed by atoms with Gasteiger partial charge in [0.25, 0.3) is 0 Å².